The van der Waals surface area contributed by atoms with Crippen LogP contribution in [0.2, 0.25) is 5.02 Å². The van der Waals surface area contributed by atoms with Crippen LogP contribution >= 0.6 is 27.5 Å². The van der Waals surface area contributed by atoms with E-state index in [0.717, 1.165) is 16.4 Å². The van der Waals surface area contributed by atoms with E-state index in [2.05, 4.69) is 15.9 Å². The van der Waals surface area contributed by atoms with E-state index in [0.29, 0.717) is 10.4 Å². The number of anilines is 1. The van der Waals surface area contributed by atoms with E-state index >= 15 is 0 Å². The van der Waals surface area contributed by atoms with Crippen molar-refractivity contribution in [2.45, 2.75) is 11.4 Å². The highest BCUT2D eigenvalue weighted by atomic mass is 79.9. The minimum Gasteiger partial charge on any atom is -0.453 e. The minimum atomic E-state index is -3.92. The molecular formula is C12H11BrClFN2O3S. The Balaban J connectivity index is 2.35. The summed E-state index contributed by atoms with van der Waals surface area (Å²) in [5.74, 6) is -0.323. The van der Waals surface area contributed by atoms with Gasteiger partial charge in [0.15, 0.2) is 4.67 Å². The van der Waals surface area contributed by atoms with Gasteiger partial charge in [-0.15, -0.1) is 0 Å². The van der Waals surface area contributed by atoms with Crippen molar-refractivity contribution in [2.24, 2.45) is 0 Å². The number of nitrogens with zero attached hydrogens (tertiary/aromatic N) is 1. The minimum absolute atomic E-state index is 0.00153. The van der Waals surface area contributed by atoms with E-state index in [4.69, 9.17) is 21.8 Å². The lowest BCUT2D eigenvalue weighted by Gasteiger charge is -2.17. The molecule has 0 fully saturated rings. The number of rotatable bonds is 4. The first-order valence-electron chi connectivity index (χ1n) is 5.67. The number of halogens is 3. The van der Waals surface area contributed by atoms with Crippen molar-refractivity contribution in [3.8, 4) is 0 Å². The van der Waals surface area contributed by atoms with Gasteiger partial charge in [-0.3, -0.25) is 0 Å². The number of nitrogens with two attached hydrogens (primary N) is 1. The Kier molecular flexibility index (Phi) is 4.62. The summed E-state index contributed by atoms with van der Waals surface area (Å²) in [7, 11) is -2.56. The smallest absolute Gasteiger partial charge is 0.244 e. The van der Waals surface area contributed by atoms with E-state index in [1.807, 2.05) is 0 Å². The zero-order chi connectivity index (χ0) is 15.8. The van der Waals surface area contributed by atoms with Crippen LogP contribution in [-0.4, -0.2) is 19.8 Å². The van der Waals surface area contributed by atoms with Gasteiger partial charge in [0.2, 0.25) is 10.0 Å². The zero-order valence-corrected chi connectivity index (χ0v) is 14.0. The van der Waals surface area contributed by atoms with Gasteiger partial charge in [-0.05, 0) is 40.2 Å². The van der Waals surface area contributed by atoms with Gasteiger partial charge < -0.3 is 10.2 Å². The fourth-order valence-corrected chi connectivity index (χ4v) is 3.65. The van der Waals surface area contributed by atoms with Crippen molar-refractivity contribution in [1.82, 2.24) is 4.31 Å². The van der Waals surface area contributed by atoms with Gasteiger partial charge in [0, 0.05) is 7.05 Å². The number of benzene rings is 1. The molecule has 9 heteroatoms. The van der Waals surface area contributed by atoms with Gasteiger partial charge in [-0.25, -0.2) is 12.8 Å². The largest absolute Gasteiger partial charge is 0.453 e. The highest BCUT2D eigenvalue weighted by molar-refractivity contribution is 9.10. The quantitative estimate of drug-likeness (QED) is 0.804. The summed E-state index contributed by atoms with van der Waals surface area (Å²) < 4.78 is 44.9. The van der Waals surface area contributed by atoms with Gasteiger partial charge in [0.05, 0.1) is 17.3 Å². The predicted molar refractivity (Wildman–Crippen MR) is 80.9 cm³/mol. The van der Waals surface area contributed by atoms with Crippen LogP contribution in [0, 0.1) is 5.82 Å². The van der Waals surface area contributed by atoms with Crippen LogP contribution in [0.15, 0.2) is 38.2 Å². The second-order valence-electron chi connectivity index (χ2n) is 4.27. The van der Waals surface area contributed by atoms with Crippen LogP contribution in [0.3, 0.4) is 0 Å². The van der Waals surface area contributed by atoms with Crippen molar-refractivity contribution in [3.63, 3.8) is 0 Å². The number of furan rings is 1. The average molecular weight is 398 g/mol. The Labute approximate surface area is 134 Å². The molecule has 21 heavy (non-hydrogen) atoms. The second kappa shape index (κ2) is 5.96. The molecule has 0 aliphatic carbocycles. The van der Waals surface area contributed by atoms with Crippen molar-refractivity contribution in [3.05, 3.63) is 45.5 Å². The molecule has 0 spiro atoms. The Morgan fingerprint density at radius 1 is 1.43 bits per heavy atom. The molecule has 0 bridgehead atoms. The first-order valence-corrected chi connectivity index (χ1v) is 8.28. The highest BCUT2D eigenvalue weighted by Gasteiger charge is 2.26. The van der Waals surface area contributed by atoms with Crippen LogP contribution in [0.1, 0.15) is 5.76 Å². The number of nitrogen functional groups attached to an aromatic ring is 1. The maximum absolute atomic E-state index is 13.3. The SMILES string of the molecule is CN(Cc1ccc(Br)o1)S(=O)(=O)c1cc(N)c(F)cc1Cl. The summed E-state index contributed by atoms with van der Waals surface area (Å²) in [5, 5.41) is -0.228. The molecule has 0 saturated heterocycles. The third-order valence-electron chi connectivity index (χ3n) is 2.75. The second-order valence-corrected chi connectivity index (χ2v) is 7.47. The summed E-state index contributed by atoms with van der Waals surface area (Å²) in [6, 6.07) is 5.16. The van der Waals surface area contributed by atoms with E-state index in [-0.39, 0.29) is 22.2 Å². The molecular weight excluding hydrogens is 387 g/mol. The monoisotopic (exact) mass is 396 g/mol. The van der Waals surface area contributed by atoms with Gasteiger partial charge in [0.25, 0.3) is 0 Å². The lowest BCUT2D eigenvalue weighted by molar-refractivity contribution is 0.398. The molecule has 0 radical (unpaired) electrons. The maximum Gasteiger partial charge on any atom is 0.244 e. The molecule has 0 unspecified atom stereocenters. The van der Waals surface area contributed by atoms with E-state index in [1.165, 1.54) is 7.05 Å². The number of sulfonamides is 1. The Bertz CT molecular complexity index is 779. The summed E-state index contributed by atoms with van der Waals surface area (Å²) >= 11 is 8.94. The number of hydrogen-bond acceptors (Lipinski definition) is 4. The van der Waals surface area contributed by atoms with Crippen LogP contribution in [0.25, 0.3) is 0 Å². The van der Waals surface area contributed by atoms with Crippen LogP contribution < -0.4 is 5.73 Å². The molecule has 0 atom stereocenters. The molecule has 1 heterocycles. The number of hydrogen-bond donors (Lipinski definition) is 1. The van der Waals surface area contributed by atoms with Crippen molar-refractivity contribution < 1.29 is 17.2 Å². The lowest BCUT2D eigenvalue weighted by atomic mass is 10.3. The molecule has 0 amide bonds. The fraction of sp³-hybridized carbons (Fsp3) is 0.167. The van der Waals surface area contributed by atoms with Gasteiger partial charge in [-0.2, -0.15) is 4.31 Å². The molecule has 0 saturated carbocycles. The summed E-state index contributed by atoms with van der Waals surface area (Å²) in [6.45, 7) is 0.00153. The highest BCUT2D eigenvalue weighted by Crippen LogP contribution is 2.29. The van der Waals surface area contributed by atoms with E-state index in [1.54, 1.807) is 12.1 Å². The molecule has 0 aliphatic rings. The summed E-state index contributed by atoms with van der Waals surface area (Å²) in [4.78, 5) is -0.254. The fourth-order valence-electron chi connectivity index (χ4n) is 1.65. The van der Waals surface area contributed by atoms with Crippen LogP contribution in [-0.2, 0) is 16.6 Å². The molecule has 2 aromatic rings. The van der Waals surface area contributed by atoms with E-state index in [9.17, 15) is 12.8 Å². The van der Waals surface area contributed by atoms with Crippen LogP contribution in [0.5, 0.6) is 0 Å². The molecule has 2 N–H and O–H groups in total. The first kappa shape index (κ1) is 16.3. The normalized spacial score (nSPS) is 12.0. The summed E-state index contributed by atoms with van der Waals surface area (Å²) in [5.41, 5.74) is 5.12. The molecule has 2 rings (SSSR count). The van der Waals surface area contributed by atoms with E-state index < -0.39 is 15.8 Å². The summed E-state index contributed by atoms with van der Waals surface area (Å²) in [6.07, 6.45) is 0. The first-order chi connectivity index (χ1) is 9.71. The van der Waals surface area contributed by atoms with Crippen molar-refractivity contribution in [1.29, 1.82) is 0 Å². The molecule has 5 nitrogen and oxygen atoms in total. The molecule has 114 valence electrons. The Hall–Kier alpha value is -1.09. The lowest BCUT2D eigenvalue weighted by Crippen LogP contribution is -2.26. The average Bonchev–Trinajstić information content (AvgIpc) is 2.79. The van der Waals surface area contributed by atoms with Crippen molar-refractivity contribution in [2.75, 3.05) is 12.8 Å². The Morgan fingerprint density at radius 3 is 2.67 bits per heavy atom. The third kappa shape index (κ3) is 3.39. The molecule has 1 aromatic heterocycles. The van der Waals surface area contributed by atoms with Crippen LogP contribution in [0.4, 0.5) is 10.1 Å². The molecule has 0 aliphatic heterocycles. The van der Waals surface area contributed by atoms with Gasteiger partial charge in [-0.1, -0.05) is 11.6 Å². The Morgan fingerprint density at radius 2 is 2.10 bits per heavy atom. The predicted octanol–water partition coefficient (Wildman–Crippen LogP) is 3.24. The standard InChI is InChI=1S/C12H11BrClFN2O3S/c1-17(6-7-2-3-12(13)20-7)21(18,19)11-5-10(16)9(15)4-8(11)14/h2-5H,6,16H2,1H3. The topological polar surface area (TPSA) is 76.5 Å². The van der Waals surface area contributed by atoms with Gasteiger partial charge >= 0.3 is 0 Å². The third-order valence-corrected chi connectivity index (χ3v) is 5.44. The van der Waals surface area contributed by atoms with Gasteiger partial charge in [0.1, 0.15) is 16.5 Å². The van der Waals surface area contributed by atoms with Crippen molar-refractivity contribution >= 4 is 43.2 Å². The molecule has 1 aromatic carbocycles. The maximum atomic E-state index is 13.3. The zero-order valence-electron chi connectivity index (χ0n) is 10.8.